The molecule has 0 saturated carbocycles. The molecule has 2 amide bonds. The highest BCUT2D eigenvalue weighted by Gasteiger charge is 2.24. The summed E-state index contributed by atoms with van der Waals surface area (Å²) in [5.41, 5.74) is 0. The molecule has 0 spiro atoms. The van der Waals surface area contributed by atoms with E-state index in [1.54, 1.807) is 18.5 Å². The van der Waals surface area contributed by atoms with Gasteiger partial charge in [-0.2, -0.15) is 0 Å². The van der Waals surface area contributed by atoms with Gasteiger partial charge in [0.05, 0.1) is 12.3 Å². The van der Waals surface area contributed by atoms with Crippen LogP contribution in [0.5, 0.6) is 0 Å². The first kappa shape index (κ1) is 22.5. The molecule has 4 heterocycles. The minimum Gasteiger partial charge on any atom is -0.338 e. The van der Waals surface area contributed by atoms with Crippen molar-refractivity contribution in [3.05, 3.63) is 24.3 Å². The monoisotopic (exact) mass is 458 g/mol. The van der Waals surface area contributed by atoms with Crippen LogP contribution < -0.4 is 4.90 Å². The Morgan fingerprint density at radius 2 is 1.81 bits per heavy atom. The van der Waals surface area contributed by atoms with Crippen LogP contribution >= 0.6 is 11.8 Å². The van der Waals surface area contributed by atoms with Crippen molar-refractivity contribution in [1.82, 2.24) is 34.5 Å². The van der Waals surface area contributed by atoms with Crippen molar-refractivity contribution < 1.29 is 9.59 Å². The second-order valence-electron chi connectivity index (χ2n) is 7.97. The van der Waals surface area contributed by atoms with E-state index in [2.05, 4.69) is 25.1 Å². The van der Waals surface area contributed by atoms with E-state index in [1.165, 1.54) is 11.8 Å². The highest BCUT2D eigenvalue weighted by molar-refractivity contribution is 7.99. The zero-order valence-electron chi connectivity index (χ0n) is 18.5. The summed E-state index contributed by atoms with van der Waals surface area (Å²) in [5.74, 6) is 2.11. The molecule has 0 radical (unpaired) electrons. The summed E-state index contributed by atoms with van der Waals surface area (Å²) in [6, 6.07) is 1.80. The lowest BCUT2D eigenvalue weighted by Gasteiger charge is -2.34. The molecule has 2 aromatic rings. The zero-order valence-corrected chi connectivity index (χ0v) is 19.3. The minimum atomic E-state index is 0.0959. The zero-order chi connectivity index (χ0) is 22.3. The number of thioether (sulfide) groups is 1. The highest BCUT2D eigenvalue weighted by atomic mass is 32.2. The molecular formula is C21H30N8O2S. The average molecular weight is 459 g/mol. The molecule has 10 nitrogen and oxygen atoms in total. The lowest BCUT2D eigenvalue weighted by Crippen LogP contribution is -2.49. The van der Waals surface area contributed by atoms with Gasteiger partial charge in [-0.05, 0) is 25.8 Å². The number of aromatic nitrogens is 5. The molecule has 0 aromatic carbocycles. The lowest BCUT2D eigenvalue weighted by atomic mass is 10.2. The molecule has 0 aliphatic carbocycles. The van der Waals surface area contributed by atoms with Crippen LogP contribution in [0, 0.1) is 0 Å². The van der Waals surface area contributed by atoms with Gasteiger partial charge in [-0.25, -0.2) is 9.97 Å². The third-order valence-corrected chi connectivity index (χ3v) is 6.86. The Morgan fingerprint density at radius 1 is 1.03 bits per heavy atom. The Bertz CT molecular complexity index is 914. The standard InChI is InChI=1S/C21H30N8O2S/c1-2-29-17(15-28-10-5-3-4-7-18(28)30)24-25-21(29)32-16-19(31)26-11-13-27(14-12-26)20-22-8-6-9-23-20/h6,8-9H,2-5,7,10-16H2,1H3. The van der Waals surface area contributed by atoms with Crippen molar-refractivity contribution in [2.75, 3.05) is 43.4 Å². The van der Waals surface area contributed by atoms with Gasteiger partial charge in [-0.15, -0.1) is 10.2 Å². The van der Waals surface area contributed by atoms with Crippen molar-refractivity contribution in [2.45, 2.75) is 50.9 Å². The molecule has 2 aromatic heterocycles. The molecule has 0 unspecified atom stereocenters. The Hall–Kier alpha value is -2.69. The highest BCUT2D eigenvalue weighted by Crippen LogP contribution is 2.21. The smallest absolute Gasteiger partial charge is 0.233 e. The molecule has 0 N–H and O–H groups in total. The summed E-state index contributed by atoms with van der Waals surface area (Å²) in [7, 11) is 0. The summed E-state index contributed by atoms with van der Waals surface area (Å²) >= 11 is 1.41. The van der Waals surface area contributed by atoms with E-state index in [0.717, 1.165) is 49.9 Å². The van der Waals surface area contributed by atoms with Gasteiger partial charge in [0, 0.05) is 58.1 Å². The number of carbonyl (C=O) groups excluding carboxylic acids is 2. The number of likely N-dealkylation sites (tertiary alicyclic amines) is 1. The van der Waals surface area contributed by atoms with Crippen molar-refractivity contribution in [1.29, 1.82) is 0 Å². The number of carbonyl (C=O) groups is 2. The van der Waals surface area contributed by atoms with Gasteiger partial charge >= 0.3 is 0 Å². The third kappa shape index (κ3) is 5.37. The quantitative estimate of drug-likeness (QED) is 0.575. The summed E-state index contributed by atoms with van der Waals surface area (Å²) < 4.78 is 2.01. The lowest BCUT2D eigenvalue weighted by molar-refractivity contribution is -0.131. The predicted octanol–water partition coefficient (Wildman–Crippen LogP) is 1.43. The Balaban J connectivity index is 1.30. The molecular weight excluding hydrogens is 428 g/mol. The molecule has 172 valence electrons. The molecule has 11 heteroatoms. The second-order valence-corrected chi connectivity index (χ2v) is 8.92. The fourth-order valence-electron chi connectivity index (χ4n) is 4.06. The van der Waals surface area contributed by atoms with E-state index in [4.69, 9.17) is 0 Å². The van der Waals surface area contributed by atoms with Gasteiger partial charge < -0.3 is 19.3 Å². The number of rotatable bonds is 7. The predicted molar refractivity (Wildman–Crippen MR) is 121 cm³/mol. The van der Waals surface area contributed by atoms with E-state index in [0.29, 0.717) is 44.3 Å². The first-order chi connectivity index (χ1) is 15.7. The number of nitrogens with zero attached hydrogens (tertiary/aromatic N) is 8. The van der Waals surface area contributed by atoms with Gasteiger partial charge in [0.1, 0.15) is 0 Å². The third-order valence-electron chi connectivity index (χ3n) is 5.91. The summed E-state index contributed by atoms with van der Waals surface area (Å²) in [5, 5.41) is 9.38. The molecule has 0 atom stereocenters. The molecule has 0 bridgehead atoms. The average Bonchev–Trinajstić information content (AvgIpc) is 3.11. The Morgan fingerprint density at radius 3 is 2.56 bits per heavy atom. The first-order valence-corrected chi connectivity index (χ1v) is 12.3. The number of hydrogen-bond acceptors (Lipinski definition) is 8. The number of amides is 2. The van der Waals surface area contributed by atoms with E-state index >= 15 is 0 Å². The van der Waals surface area contributed by atoms with Gasteiger partial charge in [-0.3, -0.25) is 9.59 Å². The fraction of sp³-hybridized carbons (Fsp3) is 0.619. The second kappa shape index (κ2) is 10.8. The van der Waals surface area contributed by atoms with Gasteiger partial charge in [0.15, 0.2) is 11.0 Å². The molecule has 32 heavy (non-hydrogen) atoms. The van der Waals surface area contributed by atoms with Crippen molar-refractivity contribution in [3.8, 4) is 0 Å². The maximum Gasteiger partial charge on any atom is 0.233 e. The van der Waals surface area contributed by atoms with Crippen LogP contribution in [-0.4, -0.2) is 84.8 Å². The van der Waals surface area contributed by atoms with Gasteiger partial charge in [0.2, 0.25) is 17.8 Å². The summed E-state index contributed by atoms with van der Waals surface area (Å²) in [6.07, 6.45) is 7.17. The molecule has 4 rings (SSSR count). The largest absolute Gasteiger partial charge is 0.338 e. The van der Waals surface area contributed by atoms with Crippen LogP contribution in [0.15, 0.2) is 23.6 Å². The molecule has 2 aliphatic rings. The van der Waals surface area contributed by atoms with Crippen molar-refractivity contribution in [2.24, 2.45) is 0 Å². The fourth-order valence-corrected chi connectivity index (χ4v) is 4.99. The molecule has 2 aliphatic heterocycles. The maximum absolute atomic E-state index is 12.8. The van der Waals surface area contributed by atoms with E-state index < -0.39 is 0 Å². The SMILES string of the molecule is CCn1c(CN2CCCCCC2=O)nnc1SCC(=O)N1CCN(c2ncccn2)CC1. The first-order valence-electron chi connectivity index (χ1n) is 11.3. The van der Waals surface area contributed by atoms with Crippen LogP contribution in [-0.2, 0) is 22.7 Å². The molecule has 2 saturated heterocycles. The van der Waals surface area contributed by atoms with Gasteiger partial charge in [-0.1, -0.05) is 18.2 Å². The van der Waals surface area contributed by atoms with E-state index in [1.807, 2.05) is 21.3 Å². The number of piperazine rings is 1. The number of anilines is 1. The molecule has 2 fully saturated rings. The van der Waals surface area contributed by atoms with Crippen molar-refractivity contribution >= 4 is 29.5 Å². The van der Waals surface area contributed by atoms with E-state index in [-0.39, 0.29) is 11.8 Å². The summed E-state index contributed by atoms with van der Waals surface area (Å²) in [6.45, 7) is 6.75. The number of hydrogen-bond donors (Lipinski definition) is 0. The van der Waals surface area contributed by atoms with Crippen LogP contribution in [0.4, 0.5) is 5.95 Å². The maximum atomic E-state index is 12.8. The van der Waals surface area contributed by atoms with Crippen molar-refractivity contribution in [3.63, 3.8) is 0 Å². The Labute approximate surface area is 192 Å². The van der Waals surface area contributed by atoms with E-state index in [9.17, 15) is 9.59 Å². The topological polar surface area (TPSA) is 100 Å². The van der Waals surface area contributed by atoms with Crippen LogP contribution in [0.2, 0.25) is 0 Å². The van der Waals surface area contributed by atoms with Crippen LogP contribution in [0.25, 0.3) is 0 Å². The van der Waals surface area contributed by atoms with Crippen LogP contribution in [0.3, 0.4) is 0 Å². The Kier molecular flexibility index (Phi) is 7.56. The summed E-state index contributed by atoms with van der Waals surface area (Å²) in [4.78, 5) is 39.5. The van der Waals surface area contributed by atoms with Gasteiger partial charge in [0.25, 0.3) is 0 Å². The normalized spacial score (nSPS) is 17.5. The van der Waals surface area contributed by atoms with Crippen LogP contribution in [0.1, 0.15) is 38.4 Å². The minimum absolute atomic E-state index is 0.0959.